The van der Waals surface area contributed by atoms with Crippen molar-refractivity contribution in [3.8, 4) is 11.5 Å². The zero-order valence-corrected chi connectivity index (χ0v) is 20.6. The standard InChI is InChI=1S/C26H30F3N3O5/c1-35-21-6-2-19(3-7-21)16-24(34)32-12-10-25(11-13-32)18-31(14-15-36-25)17-23(33)30-20-4-8-22(9-5-20)37-26(27,28)29/h2-9H,10-18H2,1H3,(H,30,33). The van der Waals surface area contributed by atoms with Crippen LogP contribution in [0.4, 0.5) is 18.9 Å². The zero-order valence-electron chi connectivity index (χ0n) is 20.6. The van der Waals surface area contributed by atoms with E-state index in [4.69, 9.17) is 9.47 Å². The molecule has 0 aliphatic carbocycles. The molecule has 0 unspecified atom stereocenters. The molecule has 2 aromatic carbocycles. The Hall–Kier alpha value is -3.31. The highest BCUT2D eigenvalue weighted by molar-refractivity contribution is 5.92. The number of piperidine rings is 1. The van der Waals surface area contributed by atoms with Gasteiger partial charge in [-0.15, -0.1) is 13.2 Å². The monoisotopic (exact) mass is 521 g/mol. The Bertz CT molecular complexity index is 1070. The first kappa shape index (κ1) is 26.7. The zero-order chi connectivity index (χ0) is 26.5. The van der Waals surface area contributed by atoms with E-state index in [0.29, 0.717) is 57.7 Å². The fraction of sp³-hybridized carbons (Fsp3) is 0.462. The van der Waals surface area contributed by atoms with Crippen LogP contribution in [0.25, 0.3) is 0 Å². The lowest BCUT2D eigenvalue weighted by Crippen LogP contribution is -2.58. The van der Waals surface area contributed by atoms with Gasteiger partial charge >= 0.3 is 6.36 Å². The van der Waals surface area contributed by atoms with Crippen molar-refractivity contribution in [1.29, 1.82) is 0 Å². The van der Waals surface area contributed by atoms with Crippen molar-refractivity contribution < 1.29 is 37.0 Å². The average Bonchev–Trinajstić information content (AvgIpc) is 2.85. The summed E-state index contributed by atoms with van der Waals surface area (Å²) in [5, 5.41) is 2.70. The highest BCUT2D eigenvalue weighted by atomic mass is 19.4. The van der Waals surface area contributed by atoms with Crippen molar-refractivity contribution in [2.45, 2.75) is 31.2 Å². The number of hydrogen-bond acceptors (Lipinski definition) is 6. The molecule has 0 aromatic heterocycles. The van der Waals surface area contributed by atoms with Gasteiger partial charge in [0.1, 0.15) is 11.5 Å². The van der Waals surface area contributed by atoms with E-state index in [1.165, 1.54) is 12.1 Å². The van der Waals surface area contributed by atoms with E-state index in [9.17, 15) is 22.8 Å². The van der Waals surface area contributed by atoms with Crippen molar-refractivity contribution in [2.24, 2.45) is 0 Å². The molecular weight excluding hydrogens is 491 g/mol. The topological polar surface area (TPSA) is 80.3 Å². The highest BCUT2D eigenvalue weighted by Crippen LogP contribution is 2.31. The van der Waals surface area contributed by atoms with E-state index >= 15 is 0 Å². The Morgan fingerprint density at radius 2 is 1.65 bits per heavy atom. The molecule has 2 amide bonds. The van der Waals surface area contributed by atoms with Gasteiger partial charge in [0.15, 0.2) is 0 Å². The number of nitrogens with one attached hydrogen (secondary N) is 1. The Morgan fingerprint density at radius 3 is 2.27 bits per heavy atom. The molecule has 0 bridgehead atoms. The second-order valence-corrected chi connectivity index (χ2v) is 9.27. The van der Waals surface area contributed by atoms with Crippen LogP contribution in [-0.2, 0) is 20.7 Å². The van der Waals surface area contributed by atoms with Gasteiger partial charge < -0.3 is 24.4 Å². The fourth-order valence-corrected chi connectivity index (χ4v) is 4.70. The van der Waals surface area contributed by atoms with E-state index in [0.717, 1.165) is 23.4 Å². The van der Waals surface area contributed by atoms with Gasteiger partial charge in [0.2, 0.25) is 11.8 Å². The Kier molecular flexibility index (Phi) is 8.23. The second kappa shape index (κ2) is 11.4. The molecule has 0 radical (unpaired) electrons. The second-order valence-electron chi connectivity index (χ2n) is 9.27. The van der Waals surface area contributed by atoms with E-state index in [1.807, 2.05) is 34.1 Å². The molecule has 4 rings (SSSR count). The number of hydrogen-bond donors (Lipinski definition) is 1. The van der Waals surface area contributed by atoms with Crippen molar-refractivity contribution in [1.82, 2.24) is 9.80 Å². The fourth-order valence-electron chi connectivity index (χ4n) is 4.70. The van der Waals surface area contributed by atoms with Crippen LogP contribution in [0.15, 0.2) is 48.5 Å². The normalized spacial score (nSPS) is 17.9. The van der Waals surface area contributed by atoms with Crippen LogP contribution in [0, 0.1) is 0 Å². The third kappa shape index (κ3) is 7.59. The molecule has 2 aromatic rings. The van der Waals surface area contributed by atoms with Crippen molar-refractivity contribution in [3.63, 3.8) is 0 Å². The predicted octanol–water partition coefficient (Wildman–Crippen LogP) is 3.47. The van der Waals surface area contributed by atoms with Crippen LogP contribution in [0.1, 0.15) is 18.4 Å². The van der Waals surface area contributed by atoms with Crippen LogP contribution in [-0.4, -0.2) is 80.0 Å². The number of morpholine rings is 1. The molecule has 2 fully saturated rings. The van der Waals surface area contributed by atoms with E-state index in [2.05, 4.69) is 10.1 Å². The summed E-state index contributed by atoms with van der Waals surface area (Å²) in [5.41, 5.74) is 0.900. The summed E-state index contributed by atoms with van der Waals surface area (Å²) < 4.78 is 52.0. The number of carbonyl (C=O) groups excluding carboxylic acids is 2. The molecule has 37 heavy (non-hydrogen) atoms. The lowest BCUT2D eigenvalue weighted by atomic mass is 9.89. The van der Waals surface area contributed by atoms with Crippen LogP contribution in [0.5, 0.6) is 11.5 Å². The summed E-state index contributed by atoms with van der Waals surface area (Å²) in [7, 11) is 1.60. The molecular formula is C26H30F3N3O5. The SMILES string of the molecule is COc1ccc(CC(=O)N2CCC3(CC2)CN(CC(=O)Nc2ccc(OC(F)(F)F)cc2)CCO3)cc1. The Labute approximate surface area is 213 Å². The maximum absolute atomic E-state index is 12.8. The van der Waals surface area contributed by atoms with Gasteiger partial charge in [-0.2, -0.15) is 0 Å². The minimum atomic E-state index is -4.77. The Morgan fingerprint density at radius 1 is 1.00 bits per heavy atom. The summed E-state index contributed by atoms with van der Waals surface area (Å²) in [6.45, 7) is 2.94. The van der Waals surface area contributed by atoms with E-state index in [-0.39, 0.29) is 24.1 Å². The molecule has 2 aliphatic rings. The van der Waals surface area contributed by atoms with E-state index < -0.39 is 12.0 Å². The van der Waals surface area contributed by atoms with Crippen LogP contribution in [0.3, 0.4) is 0 Å². The van der Waals surface area contributed by atoms with Crippen LogP contribution >= 0.6 is 0 Å². The predicted molar refractivity (Wildman–Crippen MR) is 129 cm³/mol. The lowest BCUT2D eigenvalue weighted by molar-refractivity contribution is -0.274. The molecule has 0 atom stereocenters. The number of anilines is 1. The smallest absolute Gasteiger partial charge is 0.497 e. The maximum atomic E-state index is 12.8. The summed E-state index contributed by atoms with van der Waals surface area (Å²) >= 11 is 0. The van der Waals surface area contributed by atoms with Gasteiger partial charge in [-0.3, -0.25) is 14.5 Å². The Balaban J connectivity index is 1.24. The third-order valence-corrected chi connectivity index (χ3v) is 6.61. The number of amides is 2. The number of halogens is 3. The summed E-state index contributed by atoms with van der Waals surface area (Å²) in [4.78, 5) is 29.2. The molecule has 0 saturated carbocycles. The molecule has 2 heterocycles. The number of nitrogens with zero attached hydrogens (tertiary/aromatic N) is 2. The number of likely N-dealkylation sites (tertiary alicyclic amines) is 1. The summed E-state index contributed by atoms with van der Waals surface area (Å²) in [6, 6.07) is 12.5. The lowest BCUT2D eigenvalue weighted by Gasteiger charge is -2.47. The van der Waals surface area contributed by atoms with Crippen LogP contribution in [0.2, 0.25) is 0 Å². The largest absolute Gasteiger partial charge is 0.573 e. The average molecular weight is 522 g/mol. The molecule has 1 N–H and O–H groups in total. The first-order valence-corrected chi connectivity index (χ1v) is 12.1. The number of benzene rings is 2. The summed E-state index contributed by atoms with van der Waals surface area (Å²) in [5.74, 6) is 0.194. The highest BCUT2D eigenvalue weighted by Gasteiger charge is 2.41. The molecule has 11 heteroatoms. The molecule has 1 spiro atoms. The van der Waals surface area contributed by atoms with Gasteiger partial charge in [-0.1, -0.05) is 12.1 Å². The van der Waals surface area contributed by atoms with Crippen molar-refractivity contribution in [2.75, 3.05) is 51.8 Å². The van der Waals surface area contributed by atoms with Gasteiger partial charge in [0.05, 0.1) is 32.3 Å². The van der Waals surface area contributed by atoms with Crippen LogP contribution < -0.4 is 14.8 Å². The summed E-state index contributed by atoms with van der Waals surface area (Å²) in [6.07, 6.45) is -3.08. The molecule has 2 saturated heterocycles. The first-order valence-electron chi connectivity index (χ1n) is 12.1. The molecule has 8 nitrogen and oxygen atoms in total. The molecule has 2 aliphatic heterocycles. The maximum Gasteiger partial charge on any atom is 0.573 e. The van der Waals surface area contributed by atoms with Crippen molar-refractivity contribution in [3.05, 3.63) is 54.1 Å². The number of carbonyl (C=O) groups is 2. The van der Waals surface area contributed by atoms with E-state index in [1.54, 1.807) is 7.11 Å². The van der Waals surface area contributed by atoms with Gasteiger partial charge in [-0.25, -0.2) is 0 Å². The van der Waals surface area contributed by atoms with Gasteiger partial charge in [0, 0.05) is 31.9 Å². The third-order valence-electron chi connectivity index (χ3n) is 6.61. The minimum absolute atomic E-state index is 0.0683. The minimum Gasteiger partial charge on any atom is -0.497 e. The number of ether oxygens (including phenoxy) is 3. The first-order chi connectivity index (χ1) is 17.6. The molecule has 200 valence electrons. The van der Waals surface area contributed by atoms with Gasteiger partial charge in [0.25, 0.3) is 0 Å². The quantitative estimate of drug-likeness (QED) is 0.601. The number of methoxy groups -OCH3 is 1. The number of alkyl halides is 3. The van der Waals surface area contributed by atoms with Crippen molar-refractivity contribution >= 4 is 17.5 Å². The number of rotatable bonds is 7. The van der Waals surface area contributed by atoms with Gasteiger partial charge in [-0.05, 0) is 54.8 Å².